The summed E-state index contributed by atoms with van der Waals surface area (Å²) in [6, 6.07) is 0.644. The molecule has 2 rings (SSSR count). The number of hydrogen-bond donors (Lipinski definition) is 2. The van der Waals surface area contributed by atoms with Gasteiger partial charge in [-0.2, -0.15) is 0 Å². The van der Waals surface area contributed by atoms with Crippen LogP contribution in [0.4, 0.5) is 0 Å². The van der Waals surface area contributed by atoms with Crippen molar-refractivity contribution in [2.75, 3.05) is 26.3 Å². The molecule has 0 radical (unpaired) electrons. The highest BCUT2D eigenvalue weighted by atomic mass is 16.5. The molecule has 5 nitrogen and oxygen atoms in total. The monoisotopic (exact) mass is 227 g/mol. The third-order valence-electron chi connectivity index (χ3n) is 3.77. The molecule has 0 atom stereocenters. The first-order valence-electron chi connectivity index (χ1n) is 6.13. The fourth-order valence-electron chi connectivity index (χ4n) is 2.76. The number of carbonyl (C=O) groups excluding carboxylic acids is 1. The predicted molar refractivity (Wildman–Crippen MR) is 60.5 cm³/mol. The minimum atomic E-state index is 0.000396. The van der Waals surface area contributed by atoms with Gasteiger partial charge in [0.15, 0.2) is 0 Å². The zero-order valence-electron chi connectivity index (χ0n) is 9.65. The van der Waals surface area contributed by atoms with Gasteiger partial charge < -0.3 is 4.74 Å². The van der Waals surface area contributed by atoms with Crippen LogP contribution in [0.3, 0.4) is 0 Å². The van der Waals surface area contributed by atoms with Gasteiger partial charge in [0.05, 0.1) is 13.2 Å². The quantitative estimate of drug-likeness (QED) is 0.392. The standard InChI is InChI=1S/C11H21N3O2/c12-13-11(15)9-1-3-10(4-2-9)14-5-7-16-8-6-14/h9-10H,1-8,12H2,(H,13,15)/t9-,10-. The number of rotatable bonds is 2. The maximum atomic E-state index is 11.4. The van der Waals surface area contributed by atoms with Gasteiger partial charge in [-0.3, -0.25) is 15.1 Å². The summed E-state index contributed by atoms with van der Waals surface area (Å²) in [5.74, 6) is 5.28. The summed E-state index contributed by atoms with van der Waals surface area (Å²) in [6.45, 7) is 3.78. The molecule has 1 saturated heterocycles. The number of nitrogens with two attached hydrogens (primary N) is 1. The lowest BCUT2D eigenvalue weighted by Gasteiger charge is -2.38. The molecular formula is C11H21N3O2. The minimum absolute atomic E-state index is 0.000396. The second-order valence-corrected chi connectivity index (χ2v) is 4.66. The number of hydrazine groups is 1. The summed E-state index contributed by atoms with van der Waals surface area (Å²) in [7, 11) is 0. The Balaban J connectivity index is 1.78. The summed E-state index contributed by atoms with van der Waals surface area (Å²) < 4.78 is 5.34. The van der Waals surface area contributed by atoms with E-state index in [1.165, 1.54) is 0 Å². The van der Waals surface area contributed by atoms with E-state index in [1.807, 2.05) is 0 Å². The van der Waals surface area contributed by atoms with E-state index < -0.39 is 0 Å². The van der Waals surface area contributed by atoms with E-state index in [9.17, 15) is 4.79 Å². The second kappa shape index (κ2) is 5.61. The Hall–Kier alpha value is -0.650. The van der Waals surface area contributed by atoms with Crippen LogP contribution >= 0.6 is 0 Å². The van der Waals surface area contributed by atoms with Gasteiger partial charge in [0.1, 0.15) is 0 Å². The molecule has 16 heavy (non-hydrogen) atoms. The Labute approximate surface area is 96.3 Å². The lowest BCUT2D eigenvalue weighted by molar-refractivity contribution is -0.126. The fourth-order valence-corrected chi connectivity index (χ4v) is 2.76. The van der Waals surface area contributed by atoms with Crippen molar-refractivity contribution in [1.29, 1.82) is 0 Å². The van der Waals surface area contributed by atoms with Crippen LogP contribution in [0.1, 0.15) is 25.7 Å². The molecule has 1 amide bonds. The first kappa shape index (κ1) is 11.8. The molecule has 1 heterocycles. The van der Waals surface area contributed by atoms with Crippen molar-refractivity contribution in [3.05, 3.63) is 0 Å². The van der Waals surface area contributed by atoms with Gasteiger partial charge in [0, 0.05) is 25.0 Å². The molecule has 3 N–H and O–H groups in total. The van der Waals surface area contributed by atoms with Gasteiger partial charge in [-0.15, -0.1) is 0 Å². The van der Waals surface area contributed by atoms with Crippen molar-refractivity contribution in [3.8, 4) is 0 Å². The smallest absolute Gasteiger partial charge is 0.236 e. The topological polar surface area (TPSA) is 67.6 Å². The van der Waals surface area contributed by atoms with E-state index in [0.717, 1.165) is 52.0 Å². The van der Waals surface area contributed by atoms with E-state index in [4.69, 9.17) is 10.6 Å². The zero-order chi connectivity index (χ0) is 11.4. The van der Waals surface area contributed by atoms with E-state index in [-0.39, 0.29) is 11.8 Å². The molecule has 2 aliphatic rings. The van der Waals surface area contributed by atoms with Crippen LogP contribution in [-0.4, -0.2) is 43.2 Å². The molecule has 5 heteroatoms. The molecule has 0 bridgehead atoms. The van der Waals surface area contributed by atoms with Crippen LogP contribution in [0.5, 0.6) is 0 Å². The van der Waals surface area contributed by atoms with E-state index in [0.29, 0.717) is 6.04 Å². The maximum absolute atomic E-state index is 11.4. The molecule has 92 valence electrons. The molecule has 1 aliphatic heterocycles. The van der Waals surface area contributed by atoms with Crippen molar-refractivity contribution < 1.29 is 9.53 Å². The Morgan fingerprint density at radius 3 is 2.38 bits per heavy atom. The number of hydrogen-bond acceptors (Lipinski definition) is 4. The summed E-state index contributed by atoms with van der Waals surface area (Å²) in [5.41, 5.74) is 2.26. The van der Waals surface area contributed by atoms with Gasteiger partial charge in [0.25, 0.3) is 0 Å². The molecule has 0 spiro atoms. The molecular weight excluding hydrogens is 206 g/mol. The summed E-state index contributed by atoms with van der Waals surface area (Å²) in [4.78, 5) is 13.9. The van der Waals surface area contributed by atoms with E-state index >= 15 is 0 Å². The Morgan fingerprint density at radius 2 is 1.81 bits per heavy atom. The highest BCUT2D eigenvalue weighted by Crippen LogP contribution is 2.27. The number of carbonyl (C=O) groups is 1. The maximum Gasteiger partial charge on any atom is 0.236 e. The normalized spacial score (nSPS) is 32.3. The summed E-state index contributed by atoms with van der Waals surface area (Å²) >= 11 is 0. The van der Waals surface area contributed by atoms with Crippen molar-refractivity contribution >= 4 is 5.91 Å². The summed E-state index contributed by atoms with van der Waals surface area (Å²) in [5, 5.41) is 0. The van der Waals surface area contributed by atoms with Crippen LogP contribution in [0.15, 0.2) is 0 Å². The van der Waals surface area contributed by atoms with Gasteiger partial charge in [0.2, 0.25) is 5.91 Å². The van der Waals surface area contributed by atoms with E-state index in [1.54, 1.807) is 0 Å². The Kier molecular flexibility index (Phi) is 4.15. The fraction of sp³-hybridized carbons (Fsp3) is 0.909. The average molecular weight is 227 g/mol. The second-order valence-electron chi connectivity index (χ2n) is 4.66. The lowest BCUT2D eigenvalue weighted by Crippen LogP contribution is -2.46. The number of nitrogens with zero attached hydrogens (tertiary/aromatic N) is 1. The van der Waals surface area contributed by atoms with Crippen molar-refractivity contribution in [2.24, 2.45) is 11.8 Å². The number of nitrogens with one attached hydrogen (secondary N) is 1. The summed E-state index contributed by atoms with van der Waals surface area (Å²) in [6.07, 6.45) is 4.15. The van der Waals surface area contributed by atoms with Crippen LogP contribution in [0.25, 0.3) is 0 Å². The minimum Gasteiger partial charge on any atom is -0.379 e. The van der Waals surface area contributed by atoms with Crippen molar-refractivity contribution in [1.82, 2.24) is 10.3 Å². The highest BCUT2D eigenvalue weighted by Gasteiger charge is 2.29. The van der Waals surface area contributed by atoms with Gasteiger partial charge in [-0.1, -0.05) is 0 Å². The third-order valence-corrected chi connectivity index (χ3v) is 3.77. The van der Waals surface area contributed by atoms with Crippen molar-refractivity contribution in [2.45, 2.75) is 31.7 Å². The number of amides is 1. The first-order chi connectivity index (χ1) is 7.81. The number of ether oxygens (including phenoxy) is 1. The lowest BCUT2D eigenvalue weighted by atomic mass is 9.85. The third kappa shape index (κ3) is 2.72. The molecule has 0 aromatic rings. The predicted octanol–water partition coefficient (Wildman–Crippen LogP) is -0.133. The SMILES string of the molecule is NNC(=O)[C@H]1CC[C@H](N2CCOCC2)CC1. The Morgan fingerprint density at radius 1 is 1.19 bits per heavy atom. The molecule has 1 saturated carbocycles. The number of morpholine rings is 1. The largest absolute Gasteiger partial charge is 0.379 e. The average Bonchev–Trinajstić information content (AvgIpc) is 2.39. The van der Waals surface area contributed by atoms with Crippen LogP contribution in [-0.2, 0) is 9.53 Å². The van der Waals surface area contributed by atoms with Crippen LogP contribution < -0.4 is 11.3 Å². The molecule has 0 unspecified atom stereocenters. The highest BCUT2D eigenvalue weighted by molar-refractivity contribution is 5.78. The Bertz CT molecular complexity index is 233. The molecule has 0 aromatic carbocycles. The zero-order valence-corrected chi connectivity index (χ0v) is 9.65. The molecule has 1 aliphatic carbocycles. The molecule has 2 fully saturated rings. The molecule has 0 aromatic heterocycles. The van der Waals surface area contributed by atoms with E-state index in [2.05, 4.69) is 10.3 Å². The first-order valence-corrected chi connectivity index (χ1v) is 6.13. The van der Waals surface area contributed by atoms with Gasteiger partial charge in [-0.05, 0) is 25.7 Å². The van der Waals surface area contributed by atoms with Crippen molar-refractivity contribution in [3.63, 3.8) is 0 Å². The van der Waals surface area contributed by atoms with Crippen LogP contribution in [0, 0.1) is 5.92 Å². The van der Waals surface area contributed by atoms with Gasteiger partial charge in [-0.25, -0.2) is 5.84 Å². The van der Waals surface area contributed by atoms with Gasteiger partial charge >= 0.3 is 0 Å². The van der Waals surface area contributed by atoms with Crippen LogP contribution in [0.2, 0.25) is 0 Å².